The van der Waals surface area contributed by atoms with Crippen molar-refractivity contribution in [2.75, 3.05) is 18.6 Å². The van der Waals surface area contributed by atoms with Crippen LogP contribution in [0.1, 0.15) is 29.8 Å². The Kier molecular flexibility index (Phi) is 9.27. The van der Waals surface area contributed by atoms with E-state index in [1.54, 1.807) is 5.38 Å². The maximum absolute atomic E-state index is 13.1. The Balaban J connectivity index is 0.000000714. The number of β-lactam (4-membered cyclic amide) rings is 1. The van der Waals surface area contributed by atoms with Gasteiger partial charge in [0, 0.05) is 34.8 Å². The van der Waals surface area contributed by atoms with Gasteiger partial charge < -0.3 is 25.8 Å². The minimum atomic E-state index is -4.67. The standard InChI is InChI=1S/C23H24N6O5S2.H2O4S/c1-34-27-16(14-11-36-23(24)25-14)19(30)26-17-20(31)29-18(22(32)33)13(10-35-21(17)29)9-28-8-4-6-12-5-2-3-7-15(12)28;1-5(2,3)4/h4,6,8,11,17,21H,2-3,5,7,9-10H2,1H3,(H3-,24,25,26,30,32,33);(H2,1,2,3,4)/b27-16+;/t17-,21-;/m1./s1. The van der Waals surface area contributed by atoms with Gasteiger partial charge in [-0.05, 0) is 25.3 Å². The topological polar surface area (TPSA) is 229 Å². The fourth-order valence-electron chi connectivity index (χ4n) is 4.82. The first-order valence-corrected chi connectivity index (χ1v) is 15.4. The van der Waals surface area contributed by atoms with E-state index in [0.717, 1.165) is 37.0 Å². The van der Waals surface area contributed by atoms with Crippen LogP contribution >= 0.6 is 23.1 Å². The number of carbonyl (C=O) groups is 3. The smallest absolute Gasteiger partial charge is 0.394 e. The Hall–Kier alpha value is -3.58. The van der Waals surface area contributed by atoms with Crippen molar-refractivity contribution in [2.45, 2.75) is 43.6 Å². The highest BCUT2D eigenvalue weighted by molar-refractivity contribution is 8.00. The number of carboxylic acids is 1. The summed E-state index contributed by atoms with van der Waals surface area (Å²) in [6.07, 6.45) is 6.13. The number of nitrogens with one attached hydrogen (secondary N) is 1. The summed E-state index contributed by atoms with van der Waals surface area (Å²) in [7, 11) is -3.38. The molecule has 18 heteroatoms. The lowest BCUT2D eigenvalue weighted by atomic mass is 9.95. The molecule has 0 bridgehead atoms. The van der Waals surface area contributed by atoms with Gasteiger partial charge in [0.2, 0.25) is 0 Å². The number of rotatable bonds is 7. The van der Waals surface area contributed by atoms with Gasteiger partial charge in [0.05, 0.1) is 11.7 Å². The number of thioether (sulfide) groups is 1. The molecule has 15 nitrogen and oxygen atoms in total. The minimum absolute atomic E-state index is 0.117. The van der Waals surface area contributed by atoms with Crippen molar-refractivity contribution in [2.24, 2.45) is 5.16 Å². The first kappa shape index (κ1) is 30.4. The van der Waals surface area contributed by atoms with Gasteiger partial charge in [0.1, 0.15) is 24.2 Å². The molecular weight excluding hydrogens is 600 g/mol. The van der Waals surface area contributed by atoms with E-state index in [0.29, 0.717) is 17.9 Å². The number of nitrogens with two attached hydrogens (primary N) is 1. The van der Waals surface area contributed by atoms with E-state index in [9.17, 15) is 19.5 Å². The van der Waals surface area contributed by atoms with Crippen LogP contribution in [0.25, 0.3) is 0 Å². The zero-order chi connectivity index (χ0) is 29.9. The molecule has 5 rings (SSSR count). The van der Waals surface area contributed by atoms with Crippen molar-refractivity contribution in [3.63, 3.8) is 0 Å². The third-order valence-electron chi connectivity index (χ3n) is 6.44. The molecule has 2 amide bonds. The molecule has 0 unspecified atom stereocenters. The SMILES string of the molecule is CO/N=C(/C(=O)N[C@@H]1C(=O)N2C(C(=O)[O-])=C(C[n+]3cccc4c3CCCC4)CS[C@H]12)c1csc(N)n1.O=S(=O)(O)O. The average molecular weight is 627 g/mol. The van der Waals surface area contributed by atoms with Crippen LogP contribution in [0.3, 0.4) is 0 Å². The quantitative estimate of drug-likeness (QED) is 0.0924. The molecule has 1 saturated heterocycles. The van der Waals surface area contributed by atoms with E-state index in [4.69, 9.17) is 28.1 Å². The Morgan fingerprint density at radius 1 is 1.34 bits per heavy atom. The van der Waals surface area contributed by atoms with Crippen LogP contribution in [0, 0.1) is 0 Å². The molecule has 5 N–H and O–H groups in total. The molecule has 0 saturated carbocycles. The van der Waals surface area contributed by atoms with Crippen LogP contribution in [0.4, 0.5) is 5.13 Å². The summed E-state index contributed by atoms with van der Waals surface area (Å²) in [4.78, 5) is 48.2. The second-order valence-corrected chi connectivity index (χ2v) is 11.9. The van der Waals surface area contributed by atoms with Gasteiger partial charge in [0.25, 0.3) is 11.8 Å². The lowest BCUT2D eigenvalue weighted by Crippen LogP contribution is -2.71. The summed E-state index contributed by atoms with van der Waals surface area (Å²) < 4.78 is 33.7. The second-order valence-electron chi connectivity index (χ2n) is 9.06. The van der Waals surface area contributed by atoms with Crippen molar-refractivity contribution in [3.8, 4) is 0 Å². The number of oxime groups is 1. The van der Waals surface area contributed by atoms with E-state index in [-0.39, 0.29) is 22.2 Å². The first-order valence-electron chi connectivity index (χ1n) is 12.1. The highest BCUT2D eigenvalue weighted by Crippen LogP contribution is 2.40. The third kappa shape index (κ3) is 7.02. The number of hydrogen-bond acceptors (Lipinski definition) is 12. The molecule has 41 heavy (non-hydrogen) atoms. The van der Waals surface area contributed by atoms with E-state index in [1.807, 2.05) is 12.3 Å². The van der Waals surface area contributed by atoms with Crippen LogP contribution in [0.2, 0.25) is 0 Å². The largest absolute Gasteiger partial charge is 0.543 e. The predicted octanol–water partition coefficient (Wildman–Crippen LogP) is -1.31. The van der Waals surface area contributed by atoms with E-state index in [2.05, 4.69) is 26.1 Å². The molecule has 3 aliphatic rings. The number of hydrogen-bond donors (Lipinski definition) is 4. The van der Waals surface area contributed by atoms with Gasteiger partial charge in [-0.2, -0.15) is 13.0 Å². The Morgan fingerprint density at radius 3 is 2.68 bits per heavy atom. The molecule has 220 valence electrons. The number of nitrogen functional groups attached to an aromatic ring is 1. The number of anilines is 1. The number of aromatic nitrogens is 2. The third-order valence-corrected chi connectivity index (χ3v) is 8.45. The molecule has 0 aromatic carbocycles. The van der Waals surface area contributed by atoms with Crippen LogP contribution in [0.5, 0.6) is 0 Å². The van der Waals surface area contributed by atoms with Gasteiger partial charge >= 0.3 is 10.4 Å². The molecule has 1 aliphatic carbocycles. The lowest BCUT2D eigenvalue weighted by Gasteiger charge is -2.50. The van der Waals surface area contributed by atoms with E-state index >= 15 is 0 Å². The van der Waals surface area contributed by atoms with Crippen molar-refractivity contribution in [1.82, 2.24) is 15.2 Å². The van der Waals surface area contributed by atoms with E-state index < -0.39 is 39.6 Å². The summed E-state index contributed by atoms with van der Waals surface area (Å²) in [5, 5.41) is 19.8. The van der Waals surface area contributed by atoms with Gasteiger partial charge in [-0.15, -0.1) is 23.1 Å². The number of aryl methyl sites for hydroxylation is 1. The summed E-state index contributed by atoms with van der Waals surface area (Å²) in [6, 6.07) is 3.16. The predicted molar refractivity (Wildman–Crippen MR) is 145 cm³/mol. The second kappa shape index (κ2) is 12.5. The molecule has 4 heterocycles. The van der Waals surface area contributed by atoms with Crippen LogP contribution in [-0.2, 0) is 49.0 Å². The van der Waals surface area contributed by atoms with Crippen LogP contribution < -0.4 is 20.7 Å². The van der Waals surface area contributed by atoms with Crippen LogP contribution in [0.15, 0.2) is 40.1 Å². The zero-order valence-corrected chi connectivity index (χ0v) is 24.0. The number of aliphatic carboxylic acids is 1. The highest BCUT2D eigenvalue weighted by Gasteiger charge is 2.53. The molecule has 1 fully saturated rings. The first-order chi connectivity index (χ1) is 19.4. The van der Waals surface area contributed by atoms with Crippen molar-refractivity contribution in [3.05, 3.63) is 51.9 Å². The lowest BCUT2D eigenvalue weighted by molar-refractivity contribution is -0.697. The fourth-order valence-corrected chi connectivity index (χ4v) is 6.71. The summed E-state index contributed by atoms with van der Waals surface area (Å²) in [5.74, 6) is -2.20. The number of carbonyl (C=O) groups excluding carboxylic acids is 3. The number of amides is 2. The molecule has 2 aromatic heterocycles. The molecular formula is C23H26N6O9S3. The van der Waals surface area contributed by atoms with Crippen molar-refractivity contribution >= 4 is 62.1 Å². The zero-order valence-electron chi connectivity index (χ0n) is 21.5. The van der Waals surface area contributed by atoms with Crippen molar-refractivity contribution in [1.29, 1.82) is 0 Å². The number of carboxylic acid groups (broad SMARTS) is 1. The van der Waals surface area contributed by atoms with E-state index in [1.165, 1.54) is 35.0 Å². The van der Waals surface area contributed by atoms with Gasteiger partial charge in [-0.25, -0.2) is 4.98 Å². The molecule has 2 aliphatic heterocycles. The molecule has 0 spiro atoms. The van der Waals surface area contributed by atoms with Gasteiger partial charge in [-0.3, -0.25) is 23.6 Å². The molecule has 2 aromatic rings. The summed E-state index contributed by atoms with van der Waals surface area (Å²) >= 11 is 2.54. The average Bonchev–Trinajstić information content (AvgIpc) is 3.34. The monoisotopic (exact) mass is 626 g/mol. The van der Waals surface area contributed by atoms with Crippen LogP contribution in [-0.4, -0.2) is 75.2 Å². The maximum atomic E-state index is 13.1. The minimum Gasteiger partial charge on any atom is -0.543 e. The highest BCUT2D eigenvalue weighted by atomic mass is 32.3. The number of pyridine rings is 1. The maximum Gasteiger partial charge on any atom is 0.394 e. The summed E-state index contributed by atoms with van der Waals surface area (Å²) in [5.41, 5.74) is 8.72. The molecule has 2 atom stereocenters. The normalized spacial score (nSPS) is 20.2. The Labute approximate surface area is 242 Å². The Morgan fingerprint density at radius 2 is 2.05 bits per heavy atom. The summed E-state index contributed by atoms with van der Waals surface area (Å²) in [6.45, 7) is 0.364. The fraction of sp³-hybridized carbons (Fsp3) is 0.391. The number of fused-ring (bicyclic) bond motifs is 2. The van der Waals surface area contributed by atoms with Gasteiger partial charge in [0.15, 0.2) is 29.3 Å². The number of nitrogens with zero attached hydrogens (tertiary/aromatic N) is 4. The van der Waals surface area contributed by atoms with Crippen molar-refractivity contribution < 1.29 is 46.4 Å². The molecule has 0 radical (unpaired) electrons. The Bertz CT molecular complexity index is 1530. The van der Waals surface area contributed by atoms with Gasteiger partial charge in [-0.1, -0.05) is 5.16 Å². The number of thiazole rings is 1.